The van der Waals surface area contributed by atoms with Crippen LogP contribution in [0.3, 0.4) is 0 Å². The highest BCUT2D eigenvalue weighted by Crippen LogP contribution is 2.24. The molecule has 3 heterocycles. The average Bonchev–Trinajstić information content (AvgIpc) is 3.36. The number of carbonyl (C=O) groups excluding carboxylic acids is 1. The van der Waals surface area contributed by atoms with Crippen molar-refractivity contribution in [3.05, 3.63) is 66.5 Å². The van der Waals surface area contributed by atoms with Gasteiger partial charge in [-0.1, -0.05) is 43.7 Å². The summed E-state index contributed by atoms with van der Waals surface area (Å²) >= 11 is 0. The number of pyridine rings is 1. The van der Waals surface area contributed by atoms with Crippen LogP contribution < -0.4 is 4.74 Å². The first-order chi connectivity index (χ1) is 13.3. The first kappa shape index (κ1) is 17.3. The van der Waals surface area contributed by atoms with E-state index in [4.69, 9.17) is 9.15 Å². The van der Waals surface area contributed by atoms with Gasteiger partial charge in [0.25, 0.3) is 5.91 Å². The Bertz CT molecular complexity index is 974. The Morgan fingerprint density at radius 1 is 1.33 bits per heavy atom. The van der Waals surface area contributed by atoms with E-state index in [0.29, 0.717) is 23.9 Å². The van der Waals surface area contributed by atoms with Crippen molar-refractivity contribution in [1.29, 1.82) is 0 Å². The largest absolute Gasteiger partial charge is 0.482 e. The molecule has 0 N–H and O–H groups in total. The fourth-order valence-corrected chi connectivity index (χ4v) is 3.31. The maximum Gasteiger partial charge on any atom is 0.276 e. The van der Waals surface area contributed by atoms with Gasteiger partial charge in [0, 0.05) is 18.1 Å². The number of fused-ring (bicyclic) bond motifs is 1. The van der Waals surface area contributed by atoms with Crippen LogP contribution in [0.25, 0.3) is 10.9 Å². The maximum atomic E-state index is 12.7. The molecule has 3 aromatic rings. The van der Waals surface area contributed by atoms with Crippen LogP contribution in [-0.2, 0) is 6.61 Å². The lowest BCUT2D eigenvalue weighted by Crippen LogP contribution is -2.36. The lowest BCUT2D eigenvalue weighted by Gasteiger charge is -2.23. The van der Waals surface area contributed by atoms with E-state index in [2.05, 4.69) is 23.0 Å². The Morgan fingerprint density at radius 2 is 2.22 bits per heavy atom. The van der Waals surface area contributed by atoms with Crippen molar-refractivity contribution < 1.29 is 13.9 Å². The van der Waals surface area contributed by atoms with Crippen LogP contribution in [0.4, 0.5) is 0 Å². The van der Waals surface area contributed by atoms with Gasteiger partial charge in [0.05, 0.1) is 6.04 Å². The summed E-state index contributed by atoms with van der Waals surface area (Å²) in [5, 5.41) is 1.00. The third-order valence-electron chi connectivity index (χ3n) is 4.62. The molecule has 0 saturated carbocycles. The summed E-state index contributed by atoms with van der Waals surface area (Å²) in [4.78, 5) is 23.2. The topological polar surface area (TPSA) is 68.5 Å². The van der Waals surface area contributed by atoms with Crippen LogP contribution in [0, 0.1) is 0 Å². The molecule has 138 valence electrons. The molecule has 1 aromatic carbocycles. The zero-order chi connectivity index (χ0) is 18.6. The number of oxazole rings is 1. The molecule has 1 aliphatic rings. The molecule has 2 aromatic heterocycles. The van der Waals surface area contributed by atoms with Gasteiger partial charge in [0.15, 0.2) is 12.3 Å². The SMILES string of the molecule is CCC[C@H]1C=CCN1C(=O)c1coc(COc2cccc3cccnc23)n1. The van der Waals surface area contributed by atoms with E-state index in [1.807, 2.05) is 41.3 Å². The van der Waals surface area contributed by atoms with E-state index in [1.54, 1.807) is 6.20 Å². The minimum absolute atomic E-state index is 0.111. The molecule has 6 heteroatoms. The Balaban J connectivity index is 1.44. The van der Waals surface area contributed by atoms with E-state index in [1.165, 1.54) is 6.26 Å². The molecule has 4 rings (SSSR count). The third-order valence-corrected chi connectivity index (χ3v) is 4.62. The van der Waals surface area contributed by atoms with Crippen LogP contribution in [0.1, 0.15) is 36.1 Å². The molecule has 0 radical (unpaired) electrons. The molecular formula is C21H21N3O3. The number of hydrogen-bond donors (Lipinski definition) is 0. The van der Waals surface area contributed by atoms with Gasteiger partial charge in [0.2, 0.25) is 5.89 Å². The minimum Gasteiger partial charge on any atom is -0.482 e. The molecule has 0 saturated heterocycles. The second kappa shape index (κ2) is 7.61. The number of amides is 1. The molecule has 1 aliphatic heterocycles. The van der Waals surface area contributed by atoms with E-state index >= 15 is 0 Å². The molecule has 0 bridgehead atoms. The predicted molar refractivity (Wildman–Crippen MR) is 101 cm³/mol. The zero-order valence-electron chi connectivity index (χ0n) is 15.2. The molecule has 27 heavy (non-hydrogen) atoms. The van der Waals surface area contributed by atoms with Gasteiger partial charge in [-0.3, -0.25) is 9.78 Å². The van der Waals surface area contributed by atoms with Crippen LogP contribution >= 0.6 is 0 Å². The summed E-state index contributed by atoms with van der Waals surface area (Å²) < 4.78 is 11.3. The molecule has 1 amide bonds. The summed E-state index contributed by atoms with van der Waals surface area (Å²) in [5.41, 5.74) is 1.10. The van der Waals surface area contributed by atoms with Gasteiger partial charge in [-0.2, -0.15) is 0 Å². The number of nitrogens with zero attached hydrogens (tertiary/aromatic N) is 3. The summed E-state index contributed by atoms with van der Waals surface area (Å²) in [6.07, 6.45) is 9.21. The third kappa shape index (κ3) is 3.56. The number of aromatic nitrogens is 2. The molecule has 0 fully saturated rings. The number of para-hydroxylation sites is 1. The van der Waals surface area contributed by atoms with Crippen LogP contribution in [0.5, 0.6) is 5.75 Å². The normalized spacial score (nSPS) is 16.2. The molecule has 1 atom stereocenters. The lowest BCUT2D eigenvalue weighted by molar-refractivity contribution is 0.0738. The Kier molecular flexibility index (Phi) is 4.87. The van der Waals surface area contributed by atoms with Crippen molar-refractivity contribution in [3.63, 3.8) is 0 Å². The van der Waals surface area contributed by atoms with E-state index < -0.39 is 0 Å². The zero-order valence-corrected chi connectivity index (χ0v) is 15.2. The van der Waals surface area contributed by atoms with E-state index in [9.17, 15) is 4.79 Å². The van der Waals surface area contributed by atoms with Gasteiger partial charge < -0.3 is 14.1 Å². The maximum absolute atomic E-state index is 12.7. The van der Waals surface area contributed by atoms with Gasteiger partial charge in [0.1, 0.15) is 17.5 Å². The van der Waals surface area contributed by atoms with Gasteiger partial charge in [-0.25, -0.2) is 4.98 Å². The van der Waals surface area contributed by atoms with Crippen molar-refractivity contribution in [1.82, 2.24) is 14.9 Å². The number of benzene rings is 1. The second-order valence-electron chi connectivity index (χ2n) is 6.49. The second-order valence-corrected chi connectivity index (χ2v) is 6.49. The Labute approximate surface area is 157 Å². The van der Waals surface area contributed by atoms with Crippen LogP contribution in [0.2, 0.25) is 0 Å². The summed E-state index contributed by atoms with van der Waals surface area (Å²) in [7, 11) is 0. The fraction of sp³-hybridized carbons (Fsp3) is 0.286. The minimum atomic E-state index is -0.111. The highest BCUT2D eigenvalue weighted by molar-refractivity contribution is 5.92. The molecule has 0 aliphatic carbocycles. The van der Waals surface area contributed by atoms with Crippen molar-refractivity contribution in [2.45, 2.75) is 32.4 Å². The van der Waals surface area contributed by atoms with Crippen molar-refractivity contribution in [3.8, 4) is 5.75 Å². The summed E-state index contributed by atoms with van der Waals surface area (Å²) in [5.74, 6) is 0.914. The molecule has 0 unspecified atom stereocenters. The van der Waals surface area contributed by atoms with Crippen molar-refractivity contribution in [2.24, 2.45) is 0 Å². The number of carbonyl (C=O) groups is 1. The monoisotopic (exact) mass is 363 g/mol. The quantitative estimate of drug-likeness (QED) is 0.620. The van der Waals surface area contributed by atoms with E-state index in [-0.39, 0.29) is 18.6 Å². The van der Waals surface area contributed by atoms with Crippen LogP contribution in [-0.4, -0.2) is 33.4 Å². The smallest absolute Gasteiger partial charge is 0.276 e. The first-order valence-corrected chi connectivity index (χ1v) is 9.15. The molecular weight excluding hydrogens is 342 g/mol. The number of rotatable bonds is 6. The fourth-order valence-electron chi connectivity index (χ4n) is 3.31. The predicted octanol–water partition coefficient (Wildman–Crippen LogP) is 3.98. The molecule has 6 nitrogen and oxygen atoms in total. The Morgan fingerprint density at radius 3 is 3.11 bits per heavy atom. The van der Waals surface area contributed by atoms with Gasteiger partial charge in [-0.05, 0) is 18.6 Å². The summed E-state index contributed by atoms with van der Waals surface area (Å²) in [6.45, 7) is 2.87. The van der Waals surface area contributed by atoms with Crippen molar-refractivity contribution in [2.75, 3.05) is 6.54 Å². The van der Waals surface area contributed by atoms with Crippen LogP contribution in [0.15, 0.2) is 59.4 Å². The highest BCUT2D eigenvalue weighted by Gasteiger charge is 2.27. The summed E-state index contributed by atoms with van der Waals surface area (Å²) in [6, 6.07) is 9.76. The lowest BCUT2D eigenvalue weighted by atomic mass is 10.1. The van der Waals surface area contributed by atoms with Crippen molar-refractivity contribution >= 4 is 16.8 Å². The standard InChI is InChI=1S/C21H21N3O3/c1-2-6-16-9-5-12-24(16)21(25)17-13-27-19(23-17)14-26-18-10-3-7-15-8-4-11-22-20(15)18/h3-5,7-11,13,16H,2,6,12,14H2,1H3/t16-/m0/s1. The van der Waals surface area contributed by atoms with E-state index in [0.717, 1.165) is 23.7 Å². The molecule has 0 spiro atoms. The first-order valence-electron chi connectivity index (χ1n) is 9.15. The van der Waals surface area contributed by atoms with Gasteiger partial charge >= 0.3 is 0 Å². The highest BCUT2D eigenvalue weighted by atomic mass is 16.5. The Hall–Kier alpha value is -3.15. The van der Waals surface area contributed by atoms with Gasteiger partial charge in [-0.15, -0.1) is 0 Å². The number of hydrogen-bond acceptors (Lipinski definition) is 5. The number of ether oxygens (including phenoxy) is 1. The average molecular weight is 363 g/mol.